The molecule has 0 aliphatic rings. The van der Waals surface area contributed by atoms with Gasteiger partial charge in [0.2, 0.25) is 16.0 Å². The van der Waals surface area contributed by atoms with E-state index in [-0.39, 0.29) is 23.9 Å². The van der Waals surface area contributed by atoms with Crippen LogP contribution < -0.4 is 5.32 Å². The quantitative estimate of drug-likeness (QED) is 0.571. The third-order valence-electron chi connectivity index (χ3n) is 4.31. The lowest BCUT2D eigenvalue weighted by atomic mass is 10.1. The van der Waals surface area contributed by atoms with E-state index in [2.05, 4.69) is 25.5 Å². The van der Waals surface area contributed by atoms with Crippen LogP contribution in [-0.4, -0.2) is 52.7 Å². The van der Waals surface area contributed by atoms with Crippen molar-refractivity contribution in [1.29, 1.82) is 0 Å². The van der Waals surface area contributed by atoms with Crippen molar-refractivity contribution >= 4 is 16.0 Å². The number of nitrogens with zero attached hydrogens (tertiary/aromatic N) is 5. The van der Waals surface area contributed by atoms with E-state index in [0.29, 0.717) is 0 Å². The Hall–Kier alpha value is -2.99. The average Bonchev–Trinajstić information content (AvgIpc) is 3.18. The molecular formula is C18H20F2N6O3S. The molecule has 0 spiro atoms. The molecule has 12 heteroatoms. The molecule has 0 bridgehead atoms. The van der Waals surface area contributed by atoms with Crippen LogP contribution >= 0.6 is 0 Å². The zero-order chi connectivity index (χ0) is 21.9. The summed E-state index contributed by atoms with van der Waals surface area (Å²) < 4.78 is 55.0. The predicted octanol–water partition coefficient (Wildman–Crippen LogP) is 2.82. The molecule has 3 aromatic rings. The van der Waals surface area contributed by atoms with Gasteiger partial charge in [0.25, 0.3) is 11.8 Å². The highest BCUT2D eigenvalue weighted by molar-refractivity contribution is 7.88. The van der Waals surface area contributed by atoms with Crippen molar-refractivity contribution in [1.82, 2.24) is 24.5 Å². The third-order valence-corrected chi connectivity index (χ3v) is 5.60. The molecule has 2 heterocycles. The Kier molecular flexibility index (Phi) is 6.37. The maximum Gasteiger partial charge on any atom is 0.314 e. The Morgan fingerprint density at radius 2 is 1.77 bits per heavy atom. The smallest absolute Gasteiger partial charge is 0.314 e. The van der Waals surface area contributed by atoms with E-state index in [0.717, 1.165) is 17.4 Å². The van der Waals surface area contributed by atoms with Crippen LogP contribution in [0.2, 0.25) is 0 Å². The molecular weight excluding hydrogens is 418 g/mol. The number of benzene rings is 1. The van der Waals surface area contributed by atoms with Crippen molar-refractivity contribution in [3.8, 4) is 11.5 Å². The van der Waals surface area contributed by atoms with Crippen molar-refractivity contribution in [3.63, 3.8) is 0 Å². The van der Waals surface area contributed by atoms with E-state index in [9.17, 15) is 17.2 Å². The Morgan fingerprint density at radius 1 is 1.13 bits per heavy atom. The molecule has 0 saturated heterocycles. The van der Waals surface area contributed by atoms with Crippen LogP contribution in [0.5, 0.6) is 0 Å². The van der Waals surface area contributed by atoms with E-state index in [1.54, 1.807) is 0 Å². The number of sulfonamides is 1. The predicted molar refractivity (Wildman–Crippen MR) is 105 cm³/mol. The number of aryl methyl sites for hydroxylation is 1. The molecule has 1 unspecified atom stereocenters. The third kappa shape index (κ3) is 5.33. The Bertz CT molecular complexity index is 1090. The Labute approximate surface area is 172 Å². The average molecular weight is 438 g/mol. The minimum atomic E-state index is -3.39. The molecule has 30 heavy (non-hydrogen) atoms. The molecule has 3 rings (SSSR count). The number of nitrogens with one attached hydrogen (secondary N) is 1. The summed E-state index contributed by atoms with van der Waals surface area (Å²) in [5.74, 6) is -0.681. The molecule has 0 fully saturated rings. The number of alkyl halides is 2. The monoisotopic (exact) mass is 438 g/mol. The van der Waals surface area contributed by atoms with Gasteiger partial charge >= 0.3 is 6.43 Å². The fourth-order valence-electron chi connectivity index (χ4n) is 2.53. The first-order chi connectivity index (χ1) is 14.1. The van der Waals surface area contributed by atoms with Crippen LogP contribution in [0.15, 0.2) is 41.1 Å². The maximum absolute atomic E-state index is 12.6. The van der Waals surface area contributed by atoms with Crippen molar-refractivity contribution in [2.45, 2.75) is 19.4 Å². The normalized spacial score (nSPS) is 13.0. The zero-order valence-corrected chi connectivity index (χ0v) is 17.3. The van der Waals surface area contributed by atoms with Crippen molar-refractivity contribution in [2.24, 2.45) is 0 Å². The van der Waals surface area contributed by atoms with Gasteiger partial charge in [-0.2, -0.15) is 8.78 Å². The summed E-state index contributed by atoms with van der Waals surface area (Å²) in [5, 5.41) is 9.92. The molecule has 1 aromatic carbocycles. The van der Waals surface area contributed by atoms with Crippen LogP contribution in [0, 0.1) is 6.92 Å². The van der Waals surface area contributed by atoms with Crippen molar-refractivity contribution in [3.05, 3.63) is 53.7 Å². The van der Waals surface area contributed by atoms with Gasteiger partial charge in [-0.15, -0.1) is 10.2 Å². The highest BCUT2D eigenvalue weighted by atomic mass is 32.2. The summed E-state index contributed by atoms with van der Waals surface area (Å²) >= 11 is 0. The number of aromatic nitrogens is 4. The molecule has 0 amide bonds. The summed E-state index contributed by atoms with van der Waals surface area (Å²) in [6.07, 6.45) is 0.966. The van der Waals surface area contributed by atoms with Gasteiger partial charge in [-0.05, 0) is 12.5 Å². The standard InChI is InChI=1S/C18H20F2N6O3S/c1-11-4-6-12(7-5-11)14(10-26(2)30(3,27)28)23-18-21-8-13(9-22-18)16-24-25-17(29-16)15(19)20/h4-9,14-15H,10H2,1-3H3,(H,21,22,23). The molecule has 0 aliphatic carbocycles. The number of anilines is 1. The lowest BCUT2D eigenvalue weighted by Gasteiger charge is -2.24. The van der Waals surface area contributed by atoms with Crippen LogP contribution in [0.4, 0.5) is 14.7 Å². The van der Waals surface area contributed by atoms with Gasteiger partial charge in [-0.3, -0.25) is 0 Å². The molecule has 0 radical (unpaired) electrons. The fourth-order valence-corrected chi connectivity index (χ4v) is 2.95. The first kappa shape index (κ1) is 21.7. The lowest BCUT2D eigenvalue weighted by Crippen LogP contribution is -2.33. The second kappa shape index (κ2) is 8.79. The minimum absolute atomic E-state index is 0.122. The fraction of sp³-hybridized carbons (Fsp3) is 0.333. The minimum Gasteiger partial charge on any atom is -0.415 e. The highest BCUT2D eigenvalue weighted by Gasteiger charge is 2.21. The van der Waals surface area contributed by atoms with E-state index in [1.807, 2.05) is 31.2 Å². The van der Waals surface area contributed by atoms with E-state index in [4.69, 9.17) is 4.42 Å². The summed E-state index contributed by atoms with van der Waals surface area (Å²) in [5.41, 5.74) is 2.19. The molecule has 9 nitrogen and oxygen atoms in total. The number of hydrogen-bond donors (Lipinski definition) is 1. The number of halogens is 2. The van der Waals surface area contributed by atoms with Crippen LogP contribution in [0.3, 0.4) is 0 Å². The molecule has 1 atom stereocenters. The van der Waals surface area contributed by atoms with Crippen LogP contribution in [0.25, 0.3) is 11.5 Å². The zero-order valence-electron chi connectivity index (χ0n) is 16.5. The molecule has 1 N–H and O–H groups in total. The van der Waals surface area contributed by atoms with Gasteiger partial charge in [-0.25, -0.2) is 22.7 Å². The van der Waals surface area contributed by atoms with Gasteiger partial charge < -0.3 is 9.73 Å². The Morgan fingerprint density at radius 3 is 2.30 bits per heavy atom. The SMILES string of the molecule is Cc1ccc(C(CN(C)S(C)(=O)=O)Nc2ncc(-c3nnc(C(F)F)o3)cn2)cc1. The van der Waals surface area contributed by atoms with Crippen LogP contribution in [0.1, 0.15) is 29.5 Å². The number of hydrogen-bond acceptors (Lipinski definition) is 8. The summed E-state index contributed by atoms with van der Waals surface area (Å²) in [6.45, 7) is 2.10. The van der Waals surface area contributed by atoms with E-state index in [1.165, 1.54) is 23.7 Å². The summed E-state index contributed by atoms with van der Waals surface area (Å²) in [6, 6.07) is 7.20. The Balaban J connectivity index is 1.81. The number of likely N-dealkylation sites (N-methyl/N-ethyl adjacent to an activating group) is 1. The summed E-state index contributed by atoms with van der Waals surface area (Å²) in [7, 11) is -1.91. The highest BCUT2D eigenvalue weighted by Crippen LogP contribution is 2.24. The molecule has 160 valence electrons. The van der Waals surface area contributed by atoms with Gasteiger partial charge in [0.1, 0.15) is 0 Å². The van der Waals surface area contributed by atoms with Gasteiger partial charge in [-0.1, -0.05) is 29.8 Å². The second-order valence-corrected chi connectivity index (χ2v) is 8.78. The first-order valence-corrected chi connectivity index (χ1v) is 10.7. The molecule has 2 aromatic heterocycles. The summed E-state index contributed by atoms with van der Waals surface area (Å²) in [4.78, 5) is 8.31. The molecule has 0 aliphatic heterocycles. The van der Waals surface area contributed by atoms with Crippen molar-refractivity contribution in [2.75, 3.05) is 25.2 Å². The van der Waals surface area contributed by atoms with Gasteiger partial charge in [0, 0.05) is 26.0 Å². The van der Waals surface area contributed by atoms with Gasteiger partial charge in [0.05, 0.1) is 17.9 Å². The van der Waals surface area contributed by atoms with E-state index < -0.39 is 28.4 Å². The number of rotatable bonds is 8. The second-order valence-electron chi connectivity index (χ2n) is 6.69. The first-order valence-electron chi connectivity index (χ1n) is 8.82. The van der Waals surface area contributed by atoms with Crippen LogP contribution in [-0.2, 0) is 10.0 Å². The lowest BCUT2D eigenvalue weighted by molar-refractivity contribution is 0.116. The topological polar surface area (TPSA) is 114 Å². The molecule has 0 saturated carbocycles. The van der Waals surface area contributed by atoms with Crippen molar-refractivity contribution < 1.29 is 21.6 Å². The van der Waals surface area contributed by atoms with E-state index >= 15 is 0 Å². The van der Waals surface area contributed by atoms with Gasteiger partial charge in [0.15, 0.2) is 0 Å². The largest absolute Gasteiger partial charge is 0.415 e. The maximum atomic E-state index is 12.6.